The number of benzene rings is 2. The van der Waals surface area contributed by atoms with Crippen LogP contribution in [0.5, 0.6) is 0 Å². The maximum Gasteiger partial charge on any atom is 0.0953 e. The second-order valence-electron chi connectivity index (χ2n) is 8.18. The van der Waals surface area contributed by atoms with Crippen molar-refractivity contribution in [1.82, 2.24) is 4.90 Å². The van der Waals surface area contributed by atoms with Gasteiger partial charge < -0.3 is 4.42 Å². The first-order valence-corrected chi connectivity index (χ1v) is 10.4. The zero-order valence-corrected chi connectivity index (χ0v) is 16.5. The summed E-state index contributed by atoms with van der Waals surface area (Å²) in [5.74, 6) is 0. The molecule has 3 aromatic rings. The molecule has 142 valence electrons. The van der Waals surface area contributed by atoms with Crippen LogP contribution in [-0.4, -0.2) is 11.4 Å². The Balaban J connectivity index is 1.60. The molecule has 1 aromatic heterocycles. The van der Waals surface area contributed by atoms with Gasteiger partial charge in [-0.05, 0) is 66.5 Å². The number of hydrogen-bond acceptors (Lipinski definition) is 2. The molecule has 0 N–H and O–H groups in total. The molecule has 2 heteroatoms. The maximum atomic E-state index is 5.52. The highest BCUT2D eigenvalue weighted by Crippen LogP contribution is 2.45. The average Bonchev–Trinajstić information content (AvgIpc) is 3.18. The molecule has 0 amide bonds. The average molecular weight is 370 g/mol. The summed E-state index contributed by atoms with van der Waals surface area (Å²) in [6.45, 7) is 4.27. The first-order valence-electron chi connectivity index (χ1n) is 10.4. The predicted octanol–water partition coefficient (Wildman–Crippen LogP) is 6.33. The van der Waals surface area contributed by atoms with E-state index in [1.807, 2.05) is 12.5 Å². The van der Waals surface area contributed by atoms with Crippen LogP contribution in [0.25, 0.3) is 5.57 Å². The zero-order valence-electron chi connectivity index (χ0n) is 16.5. The van der Waals surface area contributed by atoms with Crippen LogP contribution in [0.2, 0.25) is 0 Å². The Morgan fingerprint density at radius 1 is 1.00 bits per heavy atom. The quantitative estimate of drug-likeness (QED) is 0.537. The fourth-order valence-corrected chi connectivity index (χ4v) is 5.02. The molecule has 1 aliphatic heterocycles. The lowest BCUT2D eigenvalue weighted by Gasteiger charge is -2.39. The molecule has 0 saturated heterocycles. The van der Waals surface area contributed by atoms with E-state index < -0.39 is 0 Å². The Morgan fingerprint density at radius 3 is 2.71 bits per heavy atom. The van der Waals surface area contributed by atoms with Gasteiger partial charge in [0.15, 0.2) is 0 Å². The zero-order chi connectivity index (χ0) is 18.9. The van der Waals surface area contributed by atoms with Crippen LogP contribution in [-0.2, 0) is 13.0 Å². The van der Waals surface area contributed by atoms with Crippen LogP contribution in [0.1, 0.15) is 53.1 Å². The van der Waals surface area contributed by atoms with E-state index in [1.54, 1.807) is 11.1 Å². The smallest absolute Gasteiger partial charge is 0.0953 e. The van der Waals surface area contributed by atoms with Crippen molar-refractivity contribution in [2.24, 2.45) is 0 Å². The van der Waals surface area contributed by atoms with Crippen molar-refractivity contribution < 1.29 is 4.42 Å². The first kappa shape index (κ1) is 17.5. The van der Waals surface area contributed by atoms with Gasteiger partial charge in [-0.2, -0.15) is 0 Å². The Morgan fingerprint density at radius 2 is 1.89 bits per heavy atom. The second kappa shape index (κ2) is 7.44. The fourth-order valence-electron chi connectivity index (χ4n) is 5.02. The van der Waals surface area contributed by atoms with E-state index >= 15 is 0 Å². The summed E-state index contributed by atoms with van der Waals surface area (Å²) in [5.41, 5.74) is 10.3. The lowest BCUT2D eigenvalue weighted by molar-refractivity contribution is 0.204. The molecule has 0 radical (unpaired) electrons. The third kappa shape index (κ3) is 3.22. The van der Waals surface area contributed by atoms with Crippen molar-refractivity contribution in [3.8, 4) is 0 Å². The number of aryl methyl sites for hydroxylation is 2. The Kier molecular flexibility index (Phi) is 4.66. The minimum absolute atomic E-state index is 0.314. The lowest BCUT2D eigenvalue weighted by atomic mass is 9.84. The Labute approximate surface area is 167 Å². The molecule has 1 atom stereocenters. The minimum Gasteiger partial charge on any atom is -0.472 e. The SMILES string of the molecule is Cc1ccc2c(c1)C1=C(CCC2)C(c2ccoc2)N(Cc2ccccc2)CC1. The summed E-state index contributed by atoms with van der Waals surface area (Å²) in [4.78, 5) is 2.64. The molecule has 1 aliphatic carbocycles. The summed E-state index contributed by atoms with van der Waals surface area (Å²) in [6.07, 6.45) is 8.47. The van der Waals surface area contributed by atoms with Crippen LogP contribution in [0, 0.1) is 6.92 Å². The number of hydrogen-bond donors (Lipinski definition) is 0. The van der Waals surface area contributed by atoms with Gasteiger partial charge in [0.1, 0.15) is 0 Å². The molecule has 2 aliphatic rings. The summed E-state index contributed by atoms with van der Waals surface area (Å²) in [7, 11) is 0. The van der Waals surface area contributed by atoms with Crippen molar-refractivity contribution in [1.29, 1.82) is 0 Å². The molecule has 2 nitrogen and oxygen atoms in total. The van der Waals surface area contributed by atoms with Crippen molar-refractivity contribution >= 4 is 5.57 Å². The number of rotatable bonds is 3. The highest BCUT2D eigenvalue weighted by atomic mass is 16.3. The van der Waals surface area contributed by atoms with Crippen LogP contribution in [0.15, 0.2) is 77.1 Å². The van der Waals surface area contributed by atoms with E-state index in [0.29, 0.717) is 6.04 Å². The van der Waals surface area contributed by atoms with Gasteiger partial charge in [-0.15, -0.1) is 0 Å². The van der Waals surface area contributed by atoms with Gasteiger partial charge in [0.2, 0.25) is 0 Å². The maximum absolute atomic E-state index is 5.52. The molecule has 5 rings (SSSR count). The number of nitrogens with zero attached hydrogens (tertiary/aromatic N) is 1. The first-order chi connectivity index (χ1) is 13.8. The summed E-state index contributed by atoms with van der Waals surface area (Å²) >= 11 is 0. The molecular weight excluding hydrogens is 342 g/mol. The second-order valence-corrected chi connectivity index (χ2v) is 8.18. The van der Waals surface area contributed by atoms with Crippen LogP contribution in [0.3, 0.4) is 0 Å². The Hall–Kier alpha value is -2.58. The molecule has 0 saturated carbocycles. The molecule has 1 unspecified atom stereocenters. The van der Waals surface area contributed by atoms with Gasteiger partial charge in [-0.3, -0.25) is 4.90 Å². The number of furan rings is 1. The molecule has 0 bridgehead atoms. The van der Waals surface area contributed by atoms with E-state index in [4.69, 9.17) is 4.42 Å². The van der Waals surface area contributed by atoms with Crippen molar-refractivity contribution in [2.45, 2.75) is 45.2 Å². The highest BCUT2D eigenvalue weighted by Gasteiger charge is 2.33. The standard InChI is InChI=1S/C26H27NO/c1-19-10-11-21-8-5-9-24-23(25(21)16-19)12-14-27(17-20-6-3-2-4-7-20)26(24)22-13-15-28-18-22/h2-4,6-7,10-11,13,15-16,18,26H,5,8-9,12,14,17H2,1H3. The normalized spacial score (nSPS) is 19.8. The molecule has 0 fully saturated rings. The third-order valence-electron chi connectivity index (χ3n) is 6.30. The van der Waals surface area contributed by atoms with Gasteiger partial charge in [0.25, 0.3) is 0 Å². The van der Waals surface area contributed by atoms with E-state index in [-0.39, 0.29) is 0 Å². The van der Waals surface area contributed by atoms with Gasteiger partial charge in [-0.25, -0.2) is 0 Å². The molecule has 28 heavy (non-hydrogen) atoms. The Bertz CT molecular complexity index is 985. The van der Waals surface area contributed by atoms with Crippen LogP contribution < -0.4 is 0 Å². The van der Waals surface area contributed by atoms with E-state index in [1.165, 1.54) is 47.1 Å². The van der Waals surface area contributed by atoms with Crippen molar-refractivity contribution in [3.05, 3.63) is 101 Å². The molecular formula is C26H27NO. The topological polar surface area (TPSA) is 16.4 Å². The van der Waals surface area contributed by atoms with Gasteiger partial charge >= 0.3 is 0 Å². The number of fused-ring (bicyclic) bond motifs is 2. The summed E-state index contributed by atoms with van der Waals surface area (Å²) in [5, 5.41) is 0. The minimum atomic E-state index is 0.314. The third-order valence-corrected chi connectivity index (χ3v) is 6.30. The van der Waals surface area contributed by atoms with Crippen molar-refractivity contribution in [2.75, 3.05) is 6.54 Å². The molecule has 0 spiro atoms. The largest absolute Gasteiger partial charge is 0.472 e. The predicted molar refractivity (Wildman–Crippen MR) is 114 cm³/mol. The van der Waals surface area contributed by atoms with Gasteiger partial charge in [0.05, 0.1) is 18.6 Å². The van der Waals surface area contributed by atoms with Gasteiger partial charge in [0, 0.05) is 18.7 Å². The molecule has 2 aromatic carbocycles. The highest BCUT2D eigenvalue weighted by molar-refractivity contribution is 5.74. The van der Waals surface area contributed by atoms with Gasteiger partial charge in [-0.1, -0.05) is 54.1 Å². The lowest BCUT2D eigenvalue weighted by Crippen LogP contribution is -2.34. The van der Waals surface area contributed by atoms with Crippen LogP contribution in [0.4, 0.5) is 0 Å². The fraction of sp³-hybridized carbons (Fsp3) is 0.308. The van der Waals surface area contributed by atoms with E-state index in [9.17, 15) is 0 Å². The van der Waals surface area contributed by atoms with Crippen molar-refractivity contribution in [3.63, 3.8) is 0 Å². The molecule has 2 heterocycles. The van der Waals surface area contributed by atoms with E-state index in [0.717, 1.165) is 19.5 Å². The summed E-state index contributed by atoms with van der Waals surface area (Å²) < 4.78 is 5.52. The van der Waals surface area contributed by atoms with E-state index in [2.05, 4.69) is 66.4 Å². The van der Waals surface area contributed by atoms with Crippen LogP contribution >= 0.6 is 0 Å². The summed E-state index contributed by atoms with van der Waals surface area (Å²) in [6, 6.07) is 20.3. The monoisotopic (exact) mass is 369 g/mol.